The second-order valence-corrected chi connectivity index (χ2v) is 8.83. The normalized spacial score (nSPS) is 15.7. The van der Waals surface area contributed by atoms with Gasteiger partial charge in [0, 0.05) is 24.5 Å². The Morgan fingerprint density at radius 1 is 1.25 bits per heavy atom. The van der Waals surface area contributed by atoms with Crippen LogP contribution in [-0.4, -0.2) is 59.8 Å². The highest BCUT2D eigenvalue weighted by atomic mass is 35.5. The van der Waals surface area contributed by atoms with Crippen LogP contribution in [0.1, 0.15) is 31.2 Å². The number of nitrogens with zero attached hydrogens (tertiary/aromatic N) is 2. The highest BCUT2D eigenvalue weighted by Crippen LogP contribution is 2.32. The van der Waals surface area contributed by atoms with E-state index >= 15 is 0 Å². The van der Waals surface area contributed by atoms with E-state index in [-0.39, 0.29) is 11.9 Å². The molecule has 1 amide bonds. The quantitative estimate of drug-likeness (QED) is 0.235. The van der Waals surface area contributed by atoms with Crippen LogP contribution in [0, 0.1) is 0 Å². The molecule has 1 fully saturated rings. The van der Waals surface area contributed by atoms with Gasteiger partial charge in [-0.3, -0.25) is 14.5 Å². The summed E-state index contributed by atoms with van der Waals surface area (Å²) < 4.78 is 5.74. The van der Waals surface area contributed by atoms with Gasteiger partial charge in [-0.05, 0) is 50.7 Å². The first-order chi connectivity index (χ1) is 13.4. The van der Waals surface area contributed by atoms with Crippen molar-refractivity contribution in [2.45, 2.75) is 25.7 Å². The molecule has 1 heterocycles. The van der Waals surface area contributed by atoms with E-state index < -0.39 is 0 Å². The summed E-state index contributed by atoms with van der Waals surface area (Å²) in [4.78, 5) is 28.4. The van der Waals surface area contributed by atoms with Crippen molar-refractivity contribution in [1.29, 1.82) is 0 Å². The first kappa shape index (κ1) is 22.9. The molecule has 0 spiro atoms. The molecule has 0 radical (unpaired) electrons. The summed E-state index contributed by atoms with van der Waals surface area (Å²) in [6, 6.07) is 7.32. The fourth-order valence-corrected chi connectivity index (χ4v) is 3.97. The van der Waals surface area contributed by atoms with E-state index in [0.29, 0.717) is 33.8 Å². The number of likely N-dealkylation sites (N-methyl/N-ethyl adjacent to an activating group) is 1. The zero-order chi connectivity index (χ0) is 20.5. The van der Waals surface area contributed by atoms with Gasteiger partial charge in [-0.15, -0.1) is 0 Å². The van der Waals surface area contributed by atoms with Crippen LogP contribution in [0.3, 0.4) is 0 Å². The van der Waals surface area contributed by atoms with Gasteiger partial charge in [0.1, 0.15) is 10.9 Å². The molecule has 1 aromatic carbocycles. The molecule has 0 saturated carbocycles. The Kier molecular flexibility index (Phi) is 9.44. The number of hydrogen-bond acceptors (Lipinski definition) is 6. The van der Waals surface area contributed by atoms with Crippen LogP contribution in [0.4, 0.5) is 0 Å². The molecule has 152 valence electrons. The van der Waals surface area contributed by atoms with Crippen LogP contribution in [0.5, 0.6) is 0 Å². The van der Waals surface area contributed by atoms with E-state index in [2.05, 4.69) is 0 Å². The van der Waals surface area contributed by atoms with Crippen molar-refractivity contribution in [3.05, 3.63) is 39.8 Å². The number of ether oxygens (including phenoxy) is 1. The Morgan fingerprint density at radius 3 is 2.64 bits per heavy atom. The van der Waals surface area contributed by atoms with E-state index in [4.69, 9.17) is 28.6 Å². The molecule has 0 aromatic heterocycles. The summed E-state index contributed by atoms with van der Waals surface area (Å²) in [7, 11) is 3.87. The first-order valence-electron chi connectivity index (χ1n) is 9.18. The molecule has 0 atom stereocenters. The largest absolute Gasteiger partial charge is 0.464 e. The fraction of sp³-hybridized carbons (Fsp3) is 0.450. The van der Waals surface area contributed by atoms with Crippen molar-refractivity contribution in [3.63, 3.8) is 0 Å². The molecule has 1 saturated heterocycles. The Hall–Kier alpha value is -1.41. The van der Waals surface area contributed by atoms with Gasteiger partial charge in [0.25, 0.3) is 5.91 Å². The molecule has 0 N–H and O–H groups in total. The number of benzene rings is 1. The van der Waals surface area contributed by atoms with E-state index in [1.807, 2.05) is 37.2 Å². The molecular weight excluding hydrogens is 416 g/mol. The standard InChI is InChI=1S/C20H25ClN2O3S2/c1-22(2)12-13-26-18(24)6-4-3-5-11-23-19(25)17(28-20(23)27)14-15-7-9-16(21)10-8-15/h7-10,14H,3-6,11-13H2,1-2H3/b17-14-. The number of thiocarbonyl (C=S) groups is 1. The molecule has 5 nitrogen and oxygen atoms in total. The number of thioether (sulfide) groups is 1. The molecule has 1 aliphatic heterocycles. The van der Waals surface area contributed by atoms with Crippen molar-refractivity contribution in [2.75, 3.05) is 33.8 Å². The molecule has 1 aromatic rings. The molecule has 28 heavy (non-hydrogen) atoms. The average molecular weight is 441 g/mol. The number of carbonyl (C=O) groups is 2. The number of esters is 1. The van der Waals surface area contributed by atoms with Crippen molar-refractivity contribution >= 4 is 57.9 Å². The number of unbranched alkanes of at least 4 members (excludes halogenated alkanes) is 2. The third-order valence-corrected chi connectivity index (χ3v) is 5.74. The van der Waals surface area contributed by atoms with E-state index in [9.17, 15) is 9.59 Å². The Morgan fingerprint density at radius 2 is 1.96 bits per heavy atom. The van der Waals surface area contributed by atoms with Crippen LogP contribution >= 0.6 is 35.6 Å². The maximum atomic E-state index is 12.6. The summed E-state index contributed by atoms with van der Waals surface area (Å²) in [6.45, 7) is 1.71. The van der Waals surface area contributed by atoms with Gasteiger partial charge in [0.2, 0.25) is 0 Å². The minimum atomic E-state index is -0.168. The summed E-state index contributed by atoms with van der Waals surface area (Å²) in [5.41, 5.74) is 0.915. The number of amides is 1. The molecule has 8 heteroatoms. The van der Waals surface area contributed by atoms with Gasteiger partial charge in [-0.2, -0.15) is 0 Å². The first-order valence-corrected chi connectivity index (χ1v) is 10.8. The van der Waals surface area contributed by atoms with Crippen LogP contribution < -0.4 is 0 Å². The summed E-state index contributed by atoms with van der Waals surface area (Å²) in [5.74, 6) is -0.230. The number of halogens is 1. The number of carbonyl (C=O) groups excluding carboxylic acids is 2. The summed E-state index contributed by atoms with van der Waals surface area (Å²) in [5, 5.41) is 0.659. The second kappa shape index (κ2) is 11.6. The van der Waals surface area contributed by atoms with Crippen LogP contribution in [0.2, 0.25) is 5.02 Å². The van der Waals surface area contributed by atoms with Crippen molar-refractivity contribution in [1.82, 2.24) is 9.80 Å². The lowest BCUT2D eigenvalue weighted by molar-refractivity contribution is -0.144. The van der Waals surface area contributed by atoms with Gasteiger partial charge in [0.05, 0.1) is 4.91 Å². The highest BCUT2D eigenvalue weighted by Gasteiger charge is 2.31. The fourth-order valence-electron chi connectivity index (χ4n) is 2.53. The van der Waals surface area contributed by atoms with Crippen LogP contribution in [0.15, 0.2) is 29.2 Å². The van der Waals surface area contributed by atoms with Gasteiger partial charge in [-0.25, -0.2) is 0 Å². The Labute approximate surface area is 181 Å². The zero-order valence-electron chi connectivity index (χ0n) is 16.2. The lowest BCUT2D eigenvalue weighted by Gasteiger charge is -2.14. The molecule has 1 aliphatic rings. The lowest BCUT2D eigenvalue weighted by Crippen LogP contribution is -2.29. The number of rotatable bonds is 10. The SMILES string of the molecule is CN(C)CCOC(=O)CCCCCN1C(=O)/C(=C/c2ccc(Cl)cc2)SC1=S. The van der Waals surface area contributed by atoms with E-state index in [1.165, 1.54) is 11.8 Å². The third-order valence-electron chi connectivity index (χ3n) is 4.11. The van der Waals surface area contributed by atoms with E-state index in [0.717, 1.165) is 31.4 Å². The maximum absolute atomic E-state index is 12.6. The third kappa shape index (κ3) is 7.54. The monoisotopic (exact) mass is 440 g/mol. The van der Waals surface area contributed by atoms with E-state index in [1.54, 1.807) is 17.0 Å². The molecule has 0 unspecified atom stereocenters. The zero-order valence-corrected chi connectivity index (χ0v) is 18.5. The summed E-state index contributed by atoms with van der Waals surface area (Å²) in [6.07, 6.45) is 4.62. The second-order valence-electron chi connectivity index (χ2n) is 6.72. The molecule has 0 bridgehead atoms. The van der Waals surface area contributed by atoms with Crippen molar-refractivity contribution in [3.8, 4) is 0 Å². The Balaban J connectivity index is 1.71. The van der Waals surface area contributed by atoms with Crippen LogP contribution in [0.25, 0.3) is 6.08 Å². The smallest absolute Gasteiger partial charge is 0.305 e. The van der Waals surface area contributed by atoms with Crippen molar-refractivity contribution < 1.29 is 14.3 Å². The molecular formula is C20H25ClN2O3S2. The molecule has 2 rings (SSSR count). The molecule has 0 aliphatic carbocycles. The predicted molar refractivity (Wildman–Crippen MR) is 119 cm³/mol. The van der Waals surface area contributed by atoms with Crippen LogP contribution in [-0.2, 0) is 14.3 Å². The van der Waals surface area contributed by atoms with Gasteiger partial charge in [-0.1, -0.05) is 54.1 Å². The summed E-state index contributed by atoms with van der Waals surface area (Å²) >= 11 is 12.6. The lowest BCUT2D eigenvalue weighted by atomic mass is 10.2. The predicted octanol–water partition coefficient (Wildman–Crippen LogP) is 4.21. The maximum Gasteiger partial charge on any atom is 0.305 e. The van der Waals surface area contributed by atoms with Gasteiger partial charge >= 0.3 is 5.97 Å². The van der Waals surface area contributed by atoms with Crippen molar-refractivity contribution in [2.24, 2.45) is 0 Å². The number of hydrogen-bond donors (Lipinski definition) is 0. The topological polar surface area (TPSA) is 49.9 Å². The van der Waals surface area contributed by atoms with Gasteiger partial charge in [0.15, 0.2) is 0 Å². The average Bonchev–Trinajstić information content (AvgIpc) is 2.90. The highest BCUT2D eigenvalue weighted by molar-refractivity contribution is 8.26. The minimum Gasteiger partial charge on any atom is -0.464 e. The van der Waals surface area contributed by atoms with Gasteiger partial charge < -0.3 is 9.64 Å². The minimum absolute atomic E-state index is 0.0620. The Bertz CT molecular complexity index is 735.